The van der Waals surface area contributed by atoms with Crippen molar-refractivity contribution in [2.45, 2.75) is 32.2 Å². The normalized spacial score (nSPS) is 19.4. The Morgan fingerprint density at radius 1 is 1.12 bits per heavy atom. The Hall–Kier alpha value is -2.62. The maximum absolute atomic E-state index is 12.9. The Morgan fingerprint density at radius 2 is 1.88 bits per heavy atom. The van der Waals surface area contributed by atoms with Crippen molar-refractivity contribution in [2.75, 3.05) is 18.0 Å². The van der Waals surface area contributed by atoms with Gasteiger partial charge in [0, 0.05) is 43.2 Å². The minimum Gasteiger partial charge on any atom is -0.338 e. The highest BCUT2D eigenvalue weighted by atomic mass is 16.2. The van der Waals surface area contributed by atoms with Gasteiger partial charge in [-0.05, 0) is 35.7 Å². The zero-order valence-corrected chi connectivity index (χ0v) is 14.4. The minimum atomic E-state index is 0.0422. The molecule has 0 aliphatic carbocycles. The van der Waals surface area contributed by atoms with E-state index in [4.69, 9.17) is 0 Å². The predicted octanol–water partition coefficient (Wildman–Crippen LogP) is 3.57. The van der Waals surface area contributed by atoms with Crippen LogP contribution in [0, 0.1) is 0 Å². The van der Waals surface area contributed by atoms with Crippen LogP contribution in [0.2, 0.25) is 0 Å². The molecule has 2 heterocycles. The predicted molar refractivity (Wildman–Crippen MR) is 97.6 cm³/mol. The van der Waals surface area contributed by atoms with Crippen LogP contribution in [-0.2, 0) is 11.3 Å². The Labute approximate surface area is 148 Å². The average molecular weight is 334 g/mol. The molecule has 1 atom stereocenters. The summed E-state index contributed by atoms with van der Waals surface area (Å²) in [6.07, 6.45) is 1.60. The van der Waals surface area contributed by atoms with E-state index in [9.17, 15) is 9.59 Å². The molecule has 2 aliphatic heterocycles. The van der Waals surface area contributed by atoms with Gasteiger partial charge in [0.2, 0.25) is 5.91 Å². The number of amides is 2. The second kappa shape index (κ2) is 6.36. The molecule has 1 saturated heterocycles. The molecule has 4 heteroatoms. The number of fused-ring (bicyclic) bond motifs is 1. The van der Waals surface area contributed by atoms with E-state index < -0.39 is 0 Å². The summed E-state index contributed by atoms with van der Waals surface area (Å²) in [6.45, 7) is 4.35. The van der Waals surface area contributed by atoms with Crippen LogP contribution in [0.5, 0.6) is 0 Å². The van der Waals surface area contributed by atoms with Crippen LogP contribution >= 0.6 is 0 Å². The van der Waals surface area contributed by atoms with Crippen molar-refractivity contribution < 1.29 is 9.59 Å². The molecule has 2 amide bonds. The molecule has 25 heavy (non-hydrogen) atoms. The maximum Gasteiger partial charge on any atom is 0.258 e. The van der Waals surface area contributed by atoms with Gasteiger partial charge in [0.25, 0.3) is 5.91 Å². The van der Waals surface area contributed by atoms with Gasteiger partial charge in [0.1, 0.15) is 0 Å². The number of rotatable bonds is 3. The summed E-state index contributed by atoms with van der Waals surface area (Å²) < 4.78 is 0. The van der Waals surface area contributed by atoms with Crippen molar-refractivity contribution in [3.63, 3.8) is 0 Å². The standard InChI is InChI=1S/C21H22N2O2/c1-15-13-23(19-6-3-2-5-18(15)19)21(25)17-10-8-16(9-11-17)14-22-12-4-7-20(22)24/h2-3,5-6,8-11,15H,4,7,12-14H2,1H3. The Morgan fingerprint density at radius 3 is 2.60 bits per heavy atom. The summed E-state index contributed by atoms with van der Waals surface area (Å²) >= 11 is 0. The molecule has 0 bridgehead atoms. The highest BCUT2D eigenvalue weighted by Crippen LogP contribution is 2.36. The maximum atomic E-state index is 12.9. The highest BCUT2D eigenvalue weighted by molar-refractivity contribution is 6.07. The molecule has 0 aromatic heterocycles. The first-order chi connectivity index (χ1) is 12.1. The lowest BCUT2D eigenvalue weighted by molar-refractivity contribution is -0.128. The Kier molecular flexibility index (Phi) is 4.04. The molecule has 128 valence electrons. The molecular formula is C21H22N2O2. The lowest BCUT2D eigenvalue weighted by Gasteiger charge is -2.19. The molecule has 0 radical (unpaired) electrons. The van der Waals surface area contributed by atoms with Gasteiger partial charge in [0.05, 0.1) is 0 Å². The molecule has 2 aromatic carbocycles. The lowest BCUT2D eigenvalue weighted by Crippen LogP contribution is -2.29. The van der Waals surface area contributed by atoms with E-state index in [-0.39, 0.29) is 11.8 Å². The van der Waals surface area contributed by atoms with Gasteiger partial charge in [0.15, 0.2) is 0 Å². The summed E-state index contributed by atoms with van der Waals surface area (Å²) in [5, 5.41) is 0. The van der Waals surface area contributed by atoms with Crippen LogP contribution in [0.4, 0.5) is 5.69 Å². The molecule has 4 nitrogen and oxygen atoms in total. The zero-order chi connectivity index (χ0) is 17.4. The largest absolute Gasteiger partial charge is 0.338 e. The molecule has 1 fully saturated rings. The number of benzene rings is 2. The minimum absolute atomic E-state index is 0.0422. The molecular weight excluding hydrogens is 312 g/mol. The monoisotopic (exact) mass is 334 g/mol. The van der Waals surface area contributed by atoms with Gasteiger partial charge < -0.3 is 9.80 Å². The zero-order valence-electron chi connectivity index (χ0n) is 14.4. The highest BCUT2D eigenvalue weighted by Gasteiger charge is 2.30. The van der Waals surface area contributed by atoms with Crippen molar-refractivity contribution in [1.82, 2.24) is 4.90 Å². The second-order valence-electron chi connectivity index (χ2n) is 6.99. The van der Waals surface area contributed by atoms with Crippen molar-refractivity contribution in [3.05, 3.63) is 65.2 Å². The number of hydrogen-bond acceptors (Lipinski definition) is 2. The summed E-state index contributed by atoms with van der Waals surface area (Å²) in [5.74, 6) is 0.629. The van der Waals surface area contributed by atoms with Crippen LogP contribution in [0.25, 0.3) is 0 Å². The van der Waals surface area contributed by atoms with Gasteiger partial charge in [-0.15, -0.1) is 0 Å². The third-order valence-electron chi connectivity index (χ3n) is 5.21. The van der Waals surface area contributed by atoms with Crippen LogP contribution in [0.1, 0.15) is 47.2 Å². The fraction of sp³-hybridized carbons (Fsp3) is 0.333. The van der Waals surface area contributed by atoms with Gasteiger partial charge >= 0.3 is 0 Å². The average Bonchev–Trinajstić information content (AvgIpc) is 3.19. The van der Waals surface area contributed by atoms with E-state index in [2.05, 4.69) is 13.0 Å². The van der Waals surface area contributed by atoms with E-state index in [1.54, 1.807) is 0 Å². The fourth-order valence-corrected chi connectivity index (χ4v) is 3.81. The van der Waals surface area contributed by atoms with Crippen LogP contribution in [0.15, 0.2) is 48.5 Å². The molecule has 0 N–H and O–H groups in total. The third-order valence-corrected chi connectivity index (χ3v) is 5.21. The Balaban J connectivity index is 1.51. The van der Waals surface area contributed by atoms with Crippen molar-refractivity contribution in [2.24, 2.45) is 0 Å². The van der Waals surface area contributed by atoms with E-state index in [0.29, 0.717) is 24.4 Å². The molecule has 2 aliphatic rings. The van der Waals surface area contributed by atoms with E-state index in [1.807, 2.05) is 52.3 Å². The van der Waals surface area contributed by atoms with Gasteiger partial charge in [-0.1, -0.05) is 37.3 Å². The van der Waals surface area contributed by atoms with Gasteiger partial charge in [-0.3, -0.25) is 9.59 Å². The smallest absolute Gasteiger partial charge is 0.258 e. The SMILES string of the molecule is CC1CN(C(=O)c2ccc(CN3CCCC3=O)cc2)c2ccccc21. The summed E-state index contributed by atoms with van der Waals surface area (Å²) in [4.78, 5) is 28.4. The third kappa shape index (κ3) is 2.93. The first-order valence-electron chi connectivity index (χ1n) is 8.91. The number of para-hydroxylation sites is 1. The molecule has 1 unspecified atom stereocenters. The molecule has 0 spiro atoms. The van der Waals surface area contributed by atoms with Crippen LogP contribution in [0.3, 0.4) is 0 Å². The number of anilines is 1. The second-order valence-corrected chi connectivity index (χ2v) is 6.99. The quantitative estimate of drug-likeness (QED) is 0.861. The molecule has 2 aromatic rings. The number of carbonyl (C=O) groups excluding carboxylic acids is 2. The first kappa shape index (κ1) is 15.9. The van der Waals surface area contributed by atoms with Crippen molar-refractivity contribution in [3.8, 4) is 0 Å². The number of carbonyl (C=O) groups is 2. The van der Waals surface area contributed by atoms with Crippen LogP contribution in [-0.4, -0.2) is 29.8 Å². The van der Waals surface area contributed by atoms with E-state index in [1.165, 1.54) is 5.56 Å². The van der Waals surface area contributed by atoms with Gasteiger partial charge in [-0.2, -0.15) is 0 Å². The van der Waals surface area contributed by atoms with Crippen molar-refractivity contribution in [1.29, 1.82) is 0 Å². The Bertz CT molecular complexity index is 813. The summed E-state index contributed by atoms with van der Waals surface area (Å²) in [6, 6.07) is 15.8. The topological polar surface area (TPSA) is 40.6 Å². The number of likely N-dealkylation sites (tertiary alicyclic amines) is 1. The fourth-order valence-electron chi connectivity index (χ4n) is 3.81. The number of hydrogen-bond donors (Lipinski definition) is 0. The van der Waals surface area contributed by atoms with Crippen molar-refractivity contribution >= 4 is 17.5 Å². The lowest BCUT2D eigenvalue weighted by atomic mass is 10.0. The summed E-state index contributed by atoms with van der Waals surface area (Å²) in [7, 11) is 0. The summed E-state index contributed by atoms with van der Waals surface area (Å²) in [5.41, 5.74) is 4.02. The molecule has 4 rings (SSSR count). The van der Waals surface area contributed by atoms with E-state index >= 15 is 0 Å². The van der Waals surface area contributed by atoms with Crippen LogP contribution < -0.4 is 4.90 Å². The number of nitrogens with zero attached hydrogens (tertiary/aromatic N) is 2. The van der Waals surface area contributed by atoms with Gasteiger partial charge in [-0.25, -0.2) is 0 Å². The first-order valence-corrected chi connectivity index (χ1v) is 8.91. The van der Waals surface area contributed by atoms with E-state index in [0.717, 1.165) is 30.8 Å². The molecule has 0 saturated carbocycles.